The highest BCUT2D eigenvalue weighted by atomic mass is 35.5. The van der Waals surface area contributed by atoms with Crippen LogP contribution in [0.5, 0.6) is 0 Å². The lowest BCUT2D eigenvalue weighted by molar-refractivity contribution is 0.0655. The van der Waals surface area contributed by atoms with Crippen molar-refractivity contribution in [2.75, 3.05) is 26.2 Å². The number of fused-ring (bicyclic) bond motifs is 1. The van der Waals surface area contributed by atoms with Crippen molar-refractivity contribution in [2.24, 2.45) is 0 Å². The van der Waals surface area contributed by atoms with Crippen molar-refractivity contribution in [1.82, 2.24) is 15.1 Å². The Balaban J connectivity index is 0.00000256. The van der Waals surface area contributed by atoms with E-state index in [1.54, 1.807) is 18.2 Å². The summed E-state index contributed by atoms with van der Waals surface area (Å²) < 4.78 is 0. The minimum absolute atomic E-state index is 0. The molecule has 0 spiro atoms. The van der Waals surface area contributed by atoms with Gasteiger partial charge in [0.15, 0.2) is 0 Å². The molecule has 1 unspecified atom stereocenters. The standard InChI is InChI=1S/C23H25N3O3.ClH/c1-2-25(18-10-12-24-15-18)21(27)17-8-9-19-20(14-17)23(29)26(22(19)28)13-11-16-6-4-3-5-7-16;/h3-9,14,18,24H,2,10-13,15H2,1H3;1H. The predicted octanol–water partition coefficient (Wildman–Crippen LogP) is 2.77. The number of hydrogen-bond acceptors (Lipinski definition) is 4. The fourth-order valence-corrected chi connectivity index (χ4v) is 4.15. The molecule has 1 atom stereocenters. The lowest BCUT2D eigenvalue weighted by Crippen LogP contribution is -2.41. The number of likely N-dealkylation sites (N-methyl/N-ethyl adjacent to an activating group) is 1. The SMILES string of the molecule is CCN(C(=O)c1ccc2c(c1)C(=O)N(CCc1ccccc1)C2=O)C1CCNC1.Cl. The van der Waals surface area contributed by atoms with Crippen molar-refractivity contribution in [3.63, 3.8) is 0 Å². The highest BCUT2D eigenvalue weighted by Gasteiger charge is 2.36. The third-order valence-electron chi connectivity index (χ3n) is 5.76. The molecular formula is C23H26ClN3O3. The molecule has 0 saturated carbocycles. The first-order valence-corrected chi connectivity index (χ1v) is 10.2. The van der Waals surface area contributed by atoms with Gasteiger partial charge >= 0.3 is 0 Å². The molecule has 0 bridgehead atoms. The van der Waals surface area contributed by atoms with Gasteiger partial charge in [0.05, 0.1) is 11.1 Å². The second-order valence-corrected chi connectivity index (χ2v) is 7.50. The highest BCUT2D eigenvalue weighted by molar-refractivity contribution is 6.22. The van der Waals surface area contributed by atoms with Crippen LogP contribution in [0, 0.1) is 0 Å². The smallest absolute Gasteiger partial charge is 0.261 e. The molecule has 30 heavy (non-hydrogen) atoms. The fourth-order valence-electron chi connectivity index (χ4n) is 4.15. The first-order valence-electron chi connectivity index (χ1n) is 10.2. The average molecular weight is 428 g/mol. The van der Waals surface area contributed by atoms with Gasteiger partial charge in [-0.05, 0) is 50.1 Å². The van der Waals surface area contributed by atoms with Crippen LogP contribution in [0.1, 0.15) is 50.0 Å². The Kier molecular flexibility index (Phi) is 6.90. The first kappa shape index (κ1) is 22.0. The van der Waals surface area contributed by atoms with Gasteiger partial charge < -0.3 is 10.2 Å². The molecule has 6 nitrogen and oxygen atoms in total. The minimum Gasteiger partial charge on any atom is -0.335 e. The molecule has 2 heterocycles. The topological polar surface area (TPSA) is 69.7 Å². The van der Waals surface area contributed by atoms with Gasteiger partial charge in [0.1, 0.15) is 0 Å². The van der Waals surface area contributed by atoms with Crippen LogP contribution in [0.25, 0.3) is 0 Å². The number of amides is 3. The van der Waals surface area contributed by atoms with Gasteiger partial charge in [0.2, 0.25) is 0 Å². The normalized spacial score (nSPS) is 17.6. The van der Waals surface area contributed by atoms with Gasteiger partial charge in [-0.3, -0.25) is 19.3 Å². The van der Waals surface area contributed by atoms with E-state index < -0.39 is 0 Å². The van der Waals surface area contributed by atoms with Gasteiger partial charge in [-0.1, -0.05) is 30.3 Å². The number of imide groups is 1. The summed E-state index contributed by atoms with van der Waals surface area (Å²) in [5.41, 5.74) is 2.24. The van der Waals surface area contributed by atoms with Crippen LogP contribution < -0.4 is 5.32 Å². The molecule has 158 valence electrons. The van der Waals surface area contributed by atoms with E-state index in [4.69, 9.17) is 0 Å². The van der Waals surface area contributed by atoms with E-state index in [2.05, 4.69) is 5.32 Å². The van der Waals surface area contributed by atoms with E-state index in [0.717, 1.165) is 25.1 Å². The molecule has 1 saturated heterocycles. The Morgan fingerprint density at radius 2 is 1.83 bits per heavy atom. The number of rotatable bonds is 6. The molecule has 2 aromatic rings. The molecule has 3 amide bonds. The summed E-state index contributed by atoms with van der Waals surface area (Å²) >= 11 is 0. The number of hydrogen-bond donors (Lipinski definition) is 1. The van der Waals surface area contributed by atoms with Crippen LogP contribution >= 0.6 is 12.4 Å². The molecule has 2 aliphatic rings. The molecule has 2 aliphatic heterocycles. The molecule has 0 radical (unpaired) electrons. The Labute approximate surface area is 182 Å². The van der Waals surface area contributed by atoms with Crippen LogP contribution in [0.4, 0.5) is 0 Å². The summed E-state index contributed by atoms with van der Waals surface area (Å²) in [7, 11) is 0. The summed E-state index contributed by atoms with van der Waals surface area (Å²) in [6, 6.07) is 14.8. The van der Waals surface area contributed by atoms with E-state index in [0.29, 0.717) is 36.2 Å². The largest absolute Gasteiger partial charge is 0.335 e. The average Bonchev–Trinajstić information content (AvgIpc) is 3.36. The van der Waals surface area contributed by atoms with Crippen LogP contribution in [0.2, 0.25) is 0 Å². The van der Waals surface area contributed by atoms with Crippen molar-refractivity contribution < 1.29 is 14.4 Å². The maximum Gasteiger partial charge on any atom is 0.261 e. The zero-order valence-corrected chi connectivity index (χ0v) is 17.8. The van der Waals surface area contributed by atoms with Crippen molar-refractivity contribution in [3.8, 4) is 0 Å². The lowest BCUT2D eigenvalue weighted by Gasteiger charge is -2.27. The number of carbonyl (C=O) groups is 3. The molecule has 1 N–H and O–H groups in total. The van der Waals surface area contributed by atoms with E-state index in [1.807, 2.05) is 42.2 Å². The van der Waals surface area contributed by atoms with Gasteiger partial charge in [0.25, 0.3) is 17.7 Å². The number of benzene rings is 2. The van der Waals surface area contributed by atoms with Gasteiger partial charge in [-0.2, -0.15) is 0 Å². The summed E-state index contributed by atoms with van der Waals surface area (Å²) in [6.45, 7) is 4.59. The highest BCUT2D eigenvalue weighted by Crippen LogP contribution is 2.25. The Morgan fingerprint density at radius 3 is 2.50 bits per heavy atom. The summed E-state index contributed by atoms with van der Waals surface area (Å²) in [5.74, 6) is -0.694. The predicted molar refractivity (Wildman–Crippen MR) is 117 cm³/mol. The first-order chi connectivity index (χ1) is 14.1. The fraction of sp³-hybridized carbons (Fsp3) is 0.348. The number of halogens is 1. The van der Waals surface area contributed by atoms with Crippen molar-refractivity contribution in [3.05, 3.63) is 70.8 Å². The maximum absolute atomic E-state index is 13.0. The monoisotopic (exact) mass is 427 g/mol. The quantitative estimate of drug-likeness (QED) is 0.720. The summed E-state index contributed by atoms with van der Waals surface area (Å²) in [4.78, 5) is 41.7. The zero-order chi connectivity index (χ0) is 20.4. The van der Waals surface area contributed by atoms with Crippen LogP contribution in [-0.4, -0.2) is 59.7 Å². The van der Waals surface area contributed by atoms with Crippen LogP contribution in [-0.2, 0) is 6.42 Å². The van der Waals surface area contributed by atoms with Gasteiger partial charge in [-0.25, -0.2) is 0 Å². The minimum atomic E-state index is -0.318. The van der Waals surface area contributed by atoms with E-state index in [1.165, 1.54) is 4.90 Å². The second kappa shape index (κ2) is 9.41. The Hall–Kier alpha value is -2.70. The molecular weight excluding hydrogens is 402 g/mol. The maximum atomic E-state index is 13.0. The van der Waals surface area contributed by atoms with Gasteiger partial charge in [0, 0.05) is 31.2 Å². The molecule has 1 fully saturated rings. The van der Waals surface area contributed by atoms with E-state index in [9.17, 15) is 14.4 Å². The summed E-state index contributed by atoms with van der Waals surface area (Å²) in [5, 5.41) is 3.28. The number of carbonyl (C=O) groups excluding carboxylic acids is 3. The third-order valence-corrected chi connectivity index (χ3v) is 5.76. The molecule has 2 aromatic carbocycles. The number of nitrogens with one attached hydrogen (secondary N) is 1. The van der Waals surface area contributed by atoms with Gasteiger partial charge in [-0.15, -0.1) is 12.4 Å². The van der Waals surface area contributed by atoms with E-state index >= 15 is 0 Å². The van der Waals surface area contributed by atoms with Crippen LogP contribution in [0.15, 0.2) is 48.5 Å². The van der Waals surface area contributed by atoms with Crippen molar-refractivity contribution >= 4 is 30.1 Å². The molecule has 0 aliphatic carbocycles. The summed E-state index contributed by atoms with van der Waals surface area (Å²) in [6.07, 6.45) is 1.53. The Morgan fingerprint density at radius 1 is 1.10 bits per heavy atom. The van der Waals surface area contributed by atoms with Crippen molar-refractivity contribution in [2.45, 2.75) is 25.8 Å². The van der Waals surface area contributed by atoms with E-state index in [-0.39, 0.29) is 36.2 Å². The lowest BCUT2D eigenvalue weighted by atomic mass is 10.0. The second-order valence-electron chi connectivity index (χ2n) is 7.50. The molecule has 4 rings (SSSR count). The Bertz CT molecular complexity index is 942. The van der Waals surface area contributed by atoms with Crippen molar-refractivity contribution in [1.29, 1.82) is 0 Å². The molecule has 0 aromatic heterocycles. The number of nitrogens with zero attached hydrogens (tertiary/aromatic N) is 2. The third kappa shape index (κ3) is 4.11. The van der Waals surface area contributed by atoms with Crippen LogP contribution in [0.3, 0.4) is 0 Å². The molecule has 7 heteroatoms. The zero-order valence-electron chi connectivity index (χ0n) is 17.0.